The van der Waals surface area contributed by atoms with Gasteiger partial charge in [-0.25, -0.2) is 0 Å². The first-order chi connectivity index (χ1) is 7.56. The fraction of sp³-hybridized carbons (Fsp3) is 0.533. The van der Waals surface area contributed by atoms with E-state index >= 15 is 0 Å². The predicted octanol–water partition coefficient (Wildman–Crippen LogP) is 4.53. The average Bonchev–Trinajstić information content (AvgIpc) is 2.27. The number of aliphatic imine (C=N–C) groups is 1. The van der Waals surface area contributed by atoms with Crippen molar-refractivity contribution in [3.63, 3.8) is 0 Å². The quantitative estimate of drug-likeness (QED) is 0.616. The third kappa shape index (κ3) is 3.19. The van der Waals surface area contributed by atoms with Crippen LogP contribution in [0.25, 0.3) is 0 Å². The zero-order valence-electron chi connectivity index (χ0n) is 11.0. The van der Waals surface area contributed by atoms with Crippen molar-refractivity contribution >= 4 is 5.71 Å². The summed E-state index contributed by atoms with van der Waals surface area (Å²) in [5.41, 5.74) is 3.37. The summed E-state index contributed by atoms with van der Waals surface area (Å²) >= 11 is 0. The van der Waals surface area contributed by atoms with E-state index in [4.69, 9.17) is 4.99 Å². The van der Waals surface area contributed by atoms with E-state index in [1.807, 2.05) is 6.92 Å². The lowest BCUT2D eigenvalue weighted by Crippen LogP contribution is -2.12. The summed E-state index contributed by atoms with van der Waals surface area (Å²) in [6.07, 6.45) is 8.82. The molecule has 0 radical (unpaired) electrons. The molecule has 1 heteroatoms. The van der Waals surface area contributed by atoms with Gasteiger partial charge in [0.05, 0.1) is 5.70 Å². The maximum absolute atomic E-state index is 4.75. The fourth-order valence-corrected chi connectivity index (χ4v) is 1.77. The molecule has 0 bridgehead atoms. The molecule has 1 aliphatic carbocycles. The summed E-state index contributed by atoms with van der Waals surface area (Å²) in [6.45, 7) is 12.7. The lowest BCUT2D eigenvalue weighted by molar-refractivity contribution is 0.682. The Morgan fingerprint density at radius 2 is 2.25 bits per heavy atom. The third-order valence-corrected chi connectivity index (χ3v) is 3.11. The topological polar surface area (TPSA) is 12.4 Å². The summed E-state index contributed by atoms with van der Waals surface area (Å²) in [4.78, 5) is 4.75. The highest BCUT2D eigenvalue weighted by Crippen LogP contribution is 2.22. The van der Waals surface area contributed by atoms with Gasteiger partial charge in [0.2, 0.25) is 0 Å². The predicted molar refractivity (Wildman–Crippen MR) is 72.7 cm³/mol. The minimum atomic E-state index is 0.457. The van der Waals surface area contributed by atoms with Gasteiger partial charge in [-0.3, -0.25) is 4.99 Å². The van der Waals surface area contributed by atoms with Crippen molar-refractivity contribution < 1.29 is 0 Å². The largest absolute Gasteiger partial charge is 0.253 e. The Morgan fingerprint density at radius 1 is 1.56 bits per heavy atom. The highest BCUT2D eigenvalue weighted by atomic mass is 14.8. The van der Waals surface area contributed by atoms with E-state index in [1.165, 1.54) is 18.6 Å². The van der Waals surface area contributed by atoms with Gasteiger partial charge >= 0.3 is 0 Å². The Morgan fingerprint density at radius 3 is 2.75 bits per heavy atom. The Labute approximate surface area is 99.7 Å². The van der Waals surface area contributed by atoms with Gasteiger partial charge in [0.15, 0.2) is 0 Å². The molecule has 1 rings (SSSR count). The lowest BCUT2D eigenvalue weighted by atomic mass is 9.93. The molecule has 0 aliphatic heterocycles. The van der Waals surface area contributed by atoms with Crippen LogP contribution in [0.5, 0.6) is 0 Å². The van der Waals surface area contributed by atoms with Gasteiger partial charge in [0.25, 0.3) is 0 Å². The molecule has 1 unspecified atom stereocenters. The first-order valence-electron chi connectivity index (χ1n) is 6.16. The van der Waals surface area contributed by atoms with Gasteiger partial charge in [-0.2, -0.15) is 0 Å². The second kappa shape index (κ2) is 5.83. The van der Waals surface area contributed by atoms with Gasteiger partial charge in [0.1, 0.15) is 0 Å². The van der Waals surface area contributed by atoms with Gasteiger partial charge in [-0.1, -0.05) is 39.5 Å². The van der Waals surface area contributed by atoms with Gasteiger partial charge in [-0.05, 0) is 43.3 Å². The SMILES string of the molecule is C=C(/C(=C/C)N=C1C=CCCC1C)C(C)C. The van der Waals surface area contributed by atoms with E-state index in [9.17, 15) is 0 Å². The van der Waals surface area contributed by atoms with E-state index in [0.717, 1.165) is 11.3 Å². The molecule has 1 atom stereocenters. The van der Waals surface area contributed by atoms with Crippen LogP contribution in [0.15, 0.2) is 41.1 Å². The van der Waals surface area contributed by atoms with Crippen molar-refractivity contribution in [3.05, 3.63) is 36.1 Å². The number of allylic oxidation sites excluding steroid dienone is 4. The van der Waals surface area contributed by atoms with Crippen LogP contribution < -0.4 is 0 Å². The number of rotatable bonds is 3. The molecule has 0 N–H and O–H groups in total. The van der Waals surface area contributed by atoms with Crippen LogP contribution in [0, 0.1) is 11.8 Å². The molecule has 0 aromatic heterocycles. The van der Waals surface area contributed by atoms with Crippen LogP contribution >= 0.6 is 0 Å². The second-order valence-corrected chi connectivity index (χ2v) is 4.77. The van der Waals surface area contributed by atoms with Crippen LogP contribution in [0.1, 0.15) is 40.5 Å². The van der Waals surface area contributed by atoms with Gasteiger partial charge in [0, 0.05) is 5.71 Å². The molecule has 0 fully saturated rings. The minimum Gasteiger partial charge on any atom is -0.253 e. The minimum absolute atomic E-state index is 0.457. The summed E-state index contributed by atoms with van der Waals surface area (Å²) < 4.78 is 0. The molecule has 0 saturated heterocycles. The van der Waals surface area contributed by atoms with E-state index < -0.39 is 0 Å². The van der Waals surface area contributed by atoms with Crippen LogP contribution in [-0.4, -0.2) is 5.71 Å². The molecular formula is C15H23N. The molecule has 16 heavy (non-hydrogen) atoms. The second-order valence-electron chi connectivity index (χ2n) is 4.77. The molecule has 0 aromatic rings. The van der Waals surface area contributed by atoms with Crippen molar-refractivity contribution in [1.29, 1.82) is 0 Å². The first kappa shape index (κ1) is 13.0. The Balaban J connectivity index is 2.92. The molecule has 0 saturated carbocycles. The normalized spacial score (nSPS) is 24.2. The van der Waals surface area contributed by atoms with Gasteiger partial charge < -0.3 is 0 Å². The van der Waals surface area contributed by atoms with Crippen molar-refractivity contribution in [2.45, 2.75) is 40.5 Å². The van der Waals surface area contributed by atoms with Gasteiger partial charge in [-0.15, -0.1) is 0 Å². The van der Waals surface area contributed by atoms with E-state index in [1.54, 1.807) is 0 Å². The number of nitrogens with zero attached hydrogens (tertiary/aromatic N) is 1. The summed E-state index contributed by atoms with van der Waals surface area (Å²) in [5.74, 6) is 1.03. The molecule has 0 heterocycles. The highest BCUT2D eigenvalue weighted by Gasteiger charge is 2.13. The third-order valence-electron chi connectivity index (χ3n) is 3.11. The molecule has 1 aliphatic rings. The van der Waals surface area contributed by atoms with Crippen molar-refractivity contribution in [2.24, 2.45) is 16.8 Å². The Hall–Kier alpha value is -1.11. The number of hydrogen-bond acceptors (Lipinski definition) is 1. The zero-order chi connectivity index (χ0) is 12.1. The summed E-state index contributed by atoms with van der Waals surface area (Å²) in [7, 11) is 0. The maximum Gasteiger partial charge on any atom is 0.0619 e. The fourth-order valence-electron chi connectivity index (χ4n) is 1.77. The summed E-state index contributed by atoms with van der Waals surface area (Å²) in [5, 5.41) is 0. The van der Waals surface area contributed by atoms with Crippen molar-refractivity contribution in [2.75, 3.05) is 0 Å². The monoisotopic (exact) mass is 217 g/mol. The Bertz CT molecular complexity index is 342. The molecular weight excluding hydrogens is 194 g/mol. The van der Waals surface area contributed by atoms with Crippen molar-refractivity contribution in [3.8, 4) is 0 Å². The summed E-state index contributed by atoms with van der Waals surface area (Å²) in [6, 6.07) is 0. The Kier molecular flexibility index (Phi) is 4.72. The lowest BCUT2D eigenvalue weighted by Gasteiger charge is -2.17. The first-order valence-corrected chi connectivity index (χ1v) is 6.16. The smallest absolute Gasteiger partial charge is 0.0619 e. The molecule has 0 aromatic carbocycles. The average molecular weight is 217 g/mol. The van der Waals surface area contributed by atoms with Crippen LogP contribution in [0.2, 0.25) is 0 Å². The maximum atomic E-state index is 4.75. The van der Waals surface area contributed by atoms with Crippen LogP contribution in [0.3, 0.4) is 0 Å². The molecule has 1 nitrogen and oxygen atoms in total. The molecule has 0 amide bonds. The zero-order valence-corrected chi connectivity index (χ0v) is 11.0. The van der Waals surface area contributed by atoms with E-state index in [2.05, 4.69) is 45.6 Å². The van der Waals surface area contributed by atoms with E-state index in [0.29, 0.717) is 11.8 Å². The van der Waals surface area contributed by atoms with Crippen LogP contribution in [0.4, 0.5) is 0 Å². The highest BCUT2D eigenvalue weighted by molar-refractivity contribution is 5.98. The number of hydrogen-bond donors (Lipinski definition) is 0. The molecule has 88 valence electrons. The van der Waals surface area contributed by atoms with Crippen molar-refractivity contribution in [1.82, 2.24) is 0 Å². The standard InChI is InChI=1S/C15H23N/c1-6-14(13(5)11(2)3)16-15-10-8-7-9-12(15)4/h6,8,10-12H,5,7,9H2,1-4H3/b14-6-,16-15?. The molecule has 0 spiro atoms. The van der Waals surface area contributed by atoms with E-state index in [-0.39, 0.29) is 0 Å². The van der Waals surface area contributed by atoms with Crippen LogP contribution in [-0.2, 0) is 0 Å².